The number of nitrogens with one attached hydrogen (secondary N) is 1. The van der Waals surface area contributed by atoms with Gasteiger partial charge in [0.1, 0.15) is 6.17 Å². The predicted molar refractivity (Wildman–Crippen MR) is 65.3 cm³/mol. The molecule has 0 radical (unpaired) electrons. The molecule has 16 heavy (non-hydrogen) atoms. The van der Waals surface area contributed by atoms with Crippen LogP contribution in [0.1, 0.15) is 33.1 Å². The summed E-state index contributed by atoms with van der Waals surface area (Å²) >= 11 is 0. The molecule has 0 aromatic rings. The van der Waals surface area contributed by atoms with Gasteiger partial charge in [-0.15, -0.1) is 0 Å². The minimum absolute atomic E-state index is 0.206. The summed E-state index contributed by atoms with van der Waals surface area (Å²) in [6.07, 6.45) is 2.46. The van der Waals surface area contributed by atoms with Crippen molar-refractivity contribution < 1.29 is 4.39 Å². The normalized spacial score (nSPS) is 37.9. The maximum Gasteiger partial charge on any atom is 0.116 e. The summed E-state index contributed by atoms with van der Waals surface area (Å²) in [5, 5.41) is 3.33. The van der Waals surface area contributed by atoms with E-state index >= 15 is 0 Å². The van der Waals surface area contributed by atoms with Crippen LogP contribution in [0.4, 0.5) is 4.39 Å². The Kier molecular flexibility index (Phi) is 4.20. The fourth-order valence-corrected chi connectivity index (χ4v) is 3.16. The van der Waals surface area contributed by atoms with Crippen LogP contribution in [-0.4, -0.2) is 43.3 Å². The molecule has 2 aliphatic rings. The van der Waals surface area contributed by atoms with Crippen molar-refractivity contribution >= 4 is 0 Å². The van der Waals surface area contributed by atoms with Gasteiger partial charge in [-0.2, -0.15) is 0 Å². The summed E-state index contributed by atoms with van der Waals surface area (Å²) in [5.74, 6) is 1.25. The molecule has 0 aromatic heterocycles. The maximum absolute atomic E-state index is 14.2. The lowest BCUT2D eigenvalue weighted by atomic mass is 9.78. The van der Waals surface area contributed by atoms with Crippen molar-refractivity contribution in [3.63, 3.8) is 0 Å². The van der Waals surface area contributed by atoms with E-state index in [2.05, 4.69) is 24.1 Å². The van der Waals surface area contributed by atoms with Gasteiger partial charge in [-0.1, -0.05) is 13.8 Å². The molecule has 2 fully saturated rings. The molecular weight excluding hydrogens is 203 g/mol. The Morgan fingerprint density at radius 1 is 1.19 bits per heavy atom. The Labute approximate surface area is 98.6 Å². The molecule has 0 bridgehead atoms. The first-order valence-electron chi connectivity index (χ1n) is 6.77. The smallest absolute Gasteiger partial charge is 0.116 e. The Balaban J connectivity index is 1.87. The lowest BCUT2D eigenvalue weighted by Gasteiger charge is -2.41. The van der Waals surface area contributed by atoms with E-state index in [4.69, 9.17) is 0 Å². The van der Waals surface area contributed by atoms with Gasteiger partial charge in [-0.05, 0) is 31.1 Å². The van der Waals surface area contributed by atoms with Gasteiger partial charge >= 0.3 is 0 Å². The van der Waals surface area contributed by atoms with Gasteiger partial charge in [0.25, 0.3) is 0 Å². The highest BCUT2D eigenvalue weighted by Crippen LogP contribution is 2.34. The zero-order chi connectivity index (χ0) is 11.5. The summed E-state index contributed by atoms with van der Waals surface area (Å²) in [6, 6.07) is 0.206. The van der Waals surface area contributed by atoms with E-state index in [0.717, 1.165) is 39.0 Å². The molecule has 3 heteroatoms. The quantitative estimate of drug-likeness (QED) is 0.778. The van der Waals surface area contributed by atoms with E-state index in [1.54, 1.807) is 0 Å². The highest BCUT2D eigenvalue weighted by molar-refractivity contribution is 4.89. The van der Waals surface area contributed by atoms with Crippen LogP contribution in [0.5, 0.6) is 0 Å². The second-order valence-corrected chi connectivity index (χ2v) is 5.69. The predicted octanol–water partition coefficient (Wildman–Crippen LogP) is 2.05. The first kappa shape index (κ1) is 12.3. The number of piperazine rings is 1. The van der Waals surface area contributed by atoms with E-state index in [1.807, 2.05) is 0 Å². The molecule has 1 aliphatic carbocycles. The summed E-state index contributed by atoms with van der Waals surface area (Å²) in [4.78, 5) is 2.36. The minimum atomic E-state index is -0.598. The fourth-order valence-electron chi connectivity index (χ4n) is 3.16. The second-order valence-electron chi connectivity index (χ2n) is 5.69. The molecule has 1 N–H and O–H groups in total. The van der Waals surface area contributed by atoms with Crippen molar-refractivity contribution in [2.45, 2.75) is 45.3 Å². The van der Waals surface area contributed by atoms with Crippen LogP contribution < -0.4 is 5.32 Å². The van der Waals surface area contributed by atoms with E-state index in [9.17, 15) is 4.39 Å². The fraction of sp³-hybridized carbons (Fsp3) is 1.00. The van der Waals surface area contributed by atoms with Gasteiger partial charge in [0.2, 0.25) is 0 Å². The lowest BCUT2D eigenvalue weighted by Crippen LogP contribution is -2.53. The van der Waals surface area contributed by atoms with Gasteiger partial charge in [0, 0.05) is 32.2 Å². The standard InChI is InChI=1S/C13H25FN2/c1-10(2)11-3-4-13(12(14)9-11)16-7-5-15-6-8-16/h10-13,15H,3-9H2,1-2H3. The molecule has 1 aliphatic heterocycles. The third kappa shape index (κ3) is 2.75. The second kappa shape index (κ2) is 5.46. The van der Waals surface area contributed by atoms with Crippen LogP contribution in [0.15, 0.2) is 0 Å². The molecular formula is C13H25FN2. The molecule has 1 saturated carbocycles. The molecule has 2 rings (SSSR count). The molecule has 0 aromatic carbocycles. The zero-order valence-corrected chi connectivity index (χ0v) is 10.6. The lowest BCUT2D eigenvalue weighted by molar-refractivity contribution is 0.0381. The Hall–Kier alpha value is -0.150. The highest BCUT2D eigenvalue weighted by Gasteiger charge is 2.35. The number of rotatable bonds is 2. The molecule has 0 amide bonds. The number of nitrogens with zero attached hydrogens (tertiary/aromatic N) is 1. The van der Waals surface area contributed by atoms with Crippen molar-refractivity contribution in [3.8, 4) is 0 Å². The highest BCUT2D eigenvalue weighted by atomic mass is 19.1. The summed E-state index contributed by atoms with van der Waals surface area (Å²) < 4.78 is 14.2. The first-order chi connectivity index (χ1) is 7.68. The molecule has 3 atom stereocenters. The van der Waals surface area contributed by atoms with E-state index in [1.165, 1.54) is 6.42 Å². The SMILES string of the molecule is CC(C)C1CCC(N2CCNCC2)C(F)C1. The van der Waals surface area contributed by atoms with E-state index < -0.39 is 6.17 Å². The van der Waals surface area contributed by atoms with Gasteiger partial charge in [-0.25, -0.2) is 4.39 Å². The third-order valence-electron chi connectivity index (χ3n) is 4.34. The topological polar surface area (TPSA) is 15.3 Å². The van der Waals surface area contributed by atoms with Gasteiger partial charge in [-0.3, -0.25) is 4.90 Å². The summed E-state index contributed by atoms with van der Waals surface area (Å²) in [5.41, 5.74) is 0. The van der Waals surface area contributed by atoms with E-state index in [-0.39, 0.29) is 6.04 Å². The average molecular weight is 228 g/mol. The van der Waals surface area contributed by atoms with Gasteiger partial charge in [0.15, 0.2) is 0 Å². The van der Waals surface area contributed by atoms with E-state index in [0.29, 0.717) is 11.8 Å². The molecule has 94 valence electrons. The third-order valence-corrected chi connectivity index (χ3v) is 4.34. The van der Waals surface area contributed by atoms with Crippen molar-refractivity contribution in [1.29, 1.82) is 0 Å². The number of hydrogen-bond acceptors (Lipinski definition) is 2. The minimum Gasteiger partial charge on any atom is -0.314 e. The summed E-state index contributed by atoms with van der Waals surface area (Å²) in [7, 11) is 0. The number of halogens is 1. The molecule has 1 saturated heterocycles. The van der Waals surface area contributed by atoms with Gasteiger partial charge < -0.3 is 5.32 Å². The van der Waals surface area contributed by atoms with Crippen LogP contribution in [-0.2, 0) is 0 Å². The van der Waals surface area contributed by atoms with Crippen LogP contribution in [0.25, 0.3) is 0 Å². The van der Waals surface area contributed by atoms with Crippen LogP contribution >= 0.6 is 0 Å². The molecule has 0 spiro atoms. The van der Waals surface area contributed by atoms with Gasteiger partial charge in [0.05, 0.1) is 0 Å². The Morgan fingerprint density at radius 2 is 1.88 bits per heavy atom. The van der Waals surface area contributed by atoms with Crippen molar-refractivity contribution in [2.75, 3.05) is 26.2 Å². The van der Waals surface area contributed by atoms with Crippen LogP contribution in [0, 0.1) is 11.8 Å². The van der Waals surface area contributed by atoms with Crippen LogP contribution in [0.3, 0.4) is 0 Å². The van der Waals surface area contributed by atoms with Crippen molar-refractivity contribution in [2.24, 2.45) is 11.8 Å². The molecule has 3 unspecified atom stereocenters. The summed E-state index contributed by atoms with van der Waals surface area (Å²) in [6.45, 7) is 8.55. The average Bonchev–Trinajstić information content (AvgIpc) is 2.30. The van der Waals surface area contributed by atoms with Crippen LogP contribution in [0.2, 0.25) is 0 Å². The molecule has 1 heterocycles. The Morgan fingerprint density at radius 3 is 2.44 bits per heavy atom. The number of alkyl halides is 1. The van der Waals surface area contributed by atoms with Crippen molar-refractivity contribution in [1.82, 2.24) is 10.2 Å². The Bertz CT molecular complexity index is 214. The zero-order valence-electron chi connectivity index (χ0n) is 10.6. The monoisotopic (exact) mass is 228 g/mol. The number of hydrogen-bond donors (Lipinski definition) is 1. The largest absolute Gasteiger partial charge is 0.314 e. The molecule has 2 nitrogen and oxygen atoms in total. The van der Waals surface area contributed by atoms with Crippen molar-refractivity contribution in [3.05, 3.63) is 0 Å². The first-order valence-corrected chi connectivity index (χ1v) is 6.77. The maximum atomic E-state index is 14.2.